The first-order valence-corrected chi connectivity index (χ1v) is 10.6. The second-order valence-electron chi connectivity index (χ2n) is 7.61. The second kappa shape index (κ2) is 10.0. The molecule has 8 heteroatoms. The first-order chi connectivity index (χ1) is 16.1. The molecule has 0 aliphatic carbocycles. The van der Waals surface area contributed by atoms with Gasteiger partial charge >= 0.3 is 6.03 Å². The molecular weight excluding hydrogens is 420 g/mol. The Bertz CT molecular complexity index is 1140. The lowest BCUT2D eigenvalue weighted by atomic mass is 10.1. The van der Waals surface area contributed by atoms with E-state index >= 15 is 0 Å². The second-order valence-corrected chi connectivity index (χ2v) is 7.61. The number of nitrogens with zero attached hydrogens (tertiary/aromatic N) is 3. The van der Waals surface area contributed by atoms with E-state index in [-0.39, 0.29) is 11.9 Å². The Hall–Kier alpha value is -4.07. The highest BCUT2D eigenvalue weighted by molar-refractivity contribution is 5.98. The zero-order valence-corrected chi connectivity index (χ0v) is 18.7. The van der Waals surface area contributed by atoms with Crippen LogP contribution in [0.5, 0.6) is 11.5 Å². The summed E-state index contributed by atoms with van der Waals surface area (Å²) in [6.07, 6.45) is 1.71. The molecule has 170 valence electrons. The molecule has 8 nitrogen and oxygen atoms in total. The van der Waals surface area contributed by atoms with Crippen LogP contribution in [0.3, 0.4) is 0 Å². The van der Waals surface area contributed by atoms with Gasteiger partial charge < -0.3 is 19.7 Å². The van der Waals surface area contributed by atoms with Crippen molar-refractivity contribution in [3.8, 4) is 11.5 Å². The van der Waals surface area contributed by atoms with E-state index in [2.05, 4.69) is 10.3 Å². The van der Waals surface area contributed by atoms with Crippen molar-refractivity contribution in [2.75, 3.05) is 32.2 Å². The molecule has 1 aromatic heterocycles. The Morgan fingerprint density at radius 1 is 1.03 bits per heavy atom. The molecule has 33 heavy (non-hydrogen) atoms. The van der Waals surface area contributed by atoms with E-state index in [4.69, 9.17) is 9.47 Å². The van der Waals surface area contributed by atoms with Crippen LogP contribution in [-0.2, 0) is 13.1 Å². The molecule has 0 radical (unpaired) electrons. The van der Waals surface area contributed by atoms with Gasteiger partial charge in [0.25, 0.3) is 5.91 Å². The average molecular weight is 447 g/mol. The predicted molar refractivity (Wildman–Crippen MR) is 125 cm³/mol. The monoisotopic (exact) mass is 446 g/mol. The molecule has 0 spiro atoms. The van der Waals surface area contributed by atoms with E-state index < -0.39 is 0 Å². The SMILES string of the molecule is COc1ccc(CN(Cc2ccccn2)C(=O)c2cccc(N3CCNC3=O)c2)cc1OC. The Balaban J connectivity index is 1.63. The number of pyridine rings is 1. The molecule has 0 saturated carbocycles. The molecule has 4 rings (SSSR count). The zero-order valence-electron chi connectivity index (χ0n) is 18.7. The first-order valence-electron chi connectivity index (χ1n) is 10.6. The average Bonchev–Trinajstić information content (AvgIpc) is 3.29. The van der Waals surface area contributed by atoms with Crippen LogP contribution in [0.15, 0.2) is 66.9 Å². The fourth-order valence-electron chi connectivity index (χ4n) is 3.79. The maximum Gasteiger partial charge on any atom is 0.321 e. The van der Waals surface area contributed by atoms with Crippen LogP contribution in [0.2, 0.25) is 0 Å². The van der Waals surface area contributed by atoms with Gasteiger partial charge in [-0.2, -0.15) is 0 Å². The van der Waals surface area contributed by atoms with Crippen molar-refractivity contribution in [2.45, 2.75) is 13.1 Å². The van der Waals surface area contributed by atoms with Gasteiger partial charge in [-0.05, 0) is 48.0 Å². The van der Waals surface area contributed by atoms with Crippen molar-refractivity contribution in [1.82, 2.24) is 15.2 Å². The van der Waals surface area contributed by atoms with Crippen LogP contribution in [0, 0.1) is 0 Å². The molecule has 3 aromatic rings. The van der Waals surface area contributed by atoms with Gasteiger partial charge in [-0.25, -0.2) is 4.79 Å². The van der Waals surface area contributed by atoms with Gasteiger partial charge in [0.2, 0.25) is 0 Å². The van der Waals surface area contributed by atoms with Crippen molar-refractivity contribution >= 4 is 17.6 Å². The number of hydrogen-bond acceptors (Lipinski definition) is 5. The van der Waals surface area contributed by atoms with Crippen LogP contribution in [-0.4, -0.2) is 49.1 Å². The van der Waals surface area contributed by atoms with Gasteiger partial charge in [0.05, 0.1) is 26.5 Å². The molecule has 1 saturated heterocycles. The minimum atomic E-state index is -0.157. The van der Waals surface area contributed by atoms with Crippen molar-refractivity contribution in [1.29, 1.82) is 0 Å². The number of anilines is 1. The summed E-state index contributed by atoms with van der Waals surface area (Å²) in [7, 11) is 3.17. The largest absolute Gasteiger partial charge is 0.493 e. The summed E-state index contributed by atoms with van der Waals surface area (Å²) in [5, 5.41) is 2.79. The number of amides is 3. The molecule has 1 N–H and O–H groups in total. The molecule has 2 heterocycles. The van der Waals surface area contributed by atoms with E-state index in [1.807, 2.05) is 42.5 Å². The third kappa shape index (κ3) is 5.06. The van der Waals surface area contributed by atoms with Crippen LogP contribution in [0.4, 0.5) is 10.5 Å². The number of aromatic nitrogens is 1. The van der Waals surface area contributed by atoms with Gasteiger partial charge in [-0.3, -0.25) is 14.7 Å². The Labute approximate surface area is 192 Å². The van der Waals surface area contributed by atoms with Crippen molar-refractivity contribution in [3.63, 3.8) is 0 Å². The van der Waals surface area contributed by atoms with E-state index in [9.17, 15) is 9.59 Å². The Morgan fingerprint density at radius 3 is 2.58 bits per heavy atom. The minimum Gasteiger partial charge on any atom is -0.493 e. The fraction of sp³-hybridized carbons (Fsp3) is 0.240. The van der Waals surface area contributed by atoms with Crippen LogP contribution < -0.4 is 19.7 Å². The number of benzene rings is 2. The lowest BCUT2D eigenvalue weighted by Gasteiger charge is -2.24. The molecule has 1 aliphatic heterocycles. The lowest BCUT2D eigenvalue weighted by molar-refractivity contribution is 0.0727. The highest BCUT2D eigenvalue weighted by atomic mass is 16.5. The number of carbonyl (C=O) groups excluding carboxylic acids is 2. The first kappa shape index (κ1) is 22.1. The van der Waals surface area contributed by atoms with Crippen LogP contribution >= 0.6 is 0 Å². The number of rotatable bonds is 8. The molecule has 2 aromatic carbocycles. The maximum absolute atomic E-state index is 13.6. The Kier molecular flexibility index (Phi) is 6.73. The maximum atomic E-state index is 13.6. The van der Waals surface area contributed by atoms with Gasteiger partial charge in [-0.1, -0.05) is 18.2 Å². The number of methoxy groups -OCH3 is 2. The quantitative estimate of drug-likeness (QED) is 0.573. The summed E-state index contributed by atoms with van der Waals surface area (Å²) >= 11 is 0. The zero-order chi connectivity index (χ0) is 23.2. The topological polar surface area (TPSA) is 84.0 Å². The number of carbonyl (C=O) groups is 2. The summed E-state index contributed by atoms with van der Waals surface area (Å²) in [5.41, 5.74) is 2.87. The number of urea groups is 1. The van der Waals surface area contributed by atoms with E-state index in [1.54, 1.807) is 48.4 Å². The normalized spacial score (nSPS) is 12.9. The highest BCUT2D eigenvalue weighted by Crippen LogP contribution is 2.29. The van der Waals surface area contributed by atoms with Crippen molar-refractivity contribution in [3.05, 3.63) is 83.7 Å². The number of hydrogen-bond donors (Lipinski definition) is 1. The predicted octanol–water partition coefficient (Wildman–Crippen LogP) is 3.47. The Morgan fingerprint density at radius 2 is 1.88 bits per heavy atom. The van der Waals surface area contributed by atoms with E-state index in [1.165, 1.54) is 0 Å². The van der Waals surface area contributed by atoms with E-state index in [0.29, 0.717) is 48.9 Å². The summed E-state index contributed by atoms with van der Waals surface area (Å²) in [6, 6.07) is 18.2. The minimum absolute atomic E-state index is 0.156. The molecular formula is C25H26N4O4. The van der Waals surface area contributed by atoms with Crippen LogP contribution in [0.25, 0.3) is 0 Å². The highest BCUT2D eigenvalue weighted by Gasteiger charge is 2.23. The molecule has 3 amide bonds. The summed E-state index contributed by atoms with van der Waals surface area (Å²) < 4.78 is 10.7. The summed E-state index contributed by atoms with van der Waals surface area (Å²) in [4.78, 5) is 33.4. The third-order valence-corrected chi connectivity index (χ3v) is 5.45. The van der Waals surface area contributed by atoms with Gasteiger partial charge in [0, 0.05) is 37.1 Å². The third-order valence-electron chi connectivity index (χ3n) is 5.45. The number of nitrogens with one attached hydrogen (secondary N) is 1. The summed E-state index contributed by atoms with van der Waals surface area (Å²) in [5.74, 6) is 1.07. The molecule has 0 unspecified atom stereocenters. The van der Waals surface area contributed by atoms with Gasteiger partial charge in [-0.15, -0.1) is 0 Å². The smallest absolute Gasteiger partial charge is 0.321 e. The standard InChI is InChI=1S/C25H26N4O4/c1-32-22-10-9-18(14-23(22)33-2)16-28(17-20-7-3-4-11-26-20)24(30)19-6-5-8-21(15-19)29-13-12-27-25(29)31/h3-11,14-15H,12-13,16-17H2,1-2H3,(H,27,31). The number of ether oxygens (including phenoxy) is 2. The van der Waals surface area contributed by atoms with Crippen LogP contribution in [0.1, 0.15) is 21.6 Å². The van der Waals surface area contributed by atoms with Crippen molar-refractivity contribution < 1.29 is 19.1 Å². The molecule has 1 aliphatic rings. The molecule has 0 bridgehead atoms. The molecule has 1 fully saturated rings. The van der Waals surface area contributed by atoms with Gasteiger partial charge in [0.1, 0.15) is 0 Å². The van der Waals surface area contributed by atoms with Gasteiger partial charge in [0.15, 0.2) is 11.5 Å². The van der Waals surface area contributed by atoms with E-state index in [0.717, 1.165) is 11.3 Å². The molecule has 0 atom stereocenters. The lowest BCUT2D eigenvalue weighted by Crippen LogP contribution is -2.31. The van der Waals surface area contributed by atoms with Crippen molar-refractivity contribution in [2.24, 2.45) is 0 Å². The fourth-order valence-corrected chi connectivity index (χ4v) is 3.79. The summed E-state index contributed by atoms with van der Waals surface area (Å²) in [6.45, 7) is 1.84.